The third-order valence-corrected chi connectivity index (χ3v) is 2.33. The van der Waals surface area contributed by atoms with Gasteiger partial charge in [-0.2, -0.15) is 13.2 Å². The molecule has 0 aliphatic rings. The molecule has 0 aromatic heterocycles. The van der Waals surface area contributed by atoms with E-state index >= 15 is 0 Å². The Morgan fingerprint density at radius 3 is 2.29 bits per heavy atom. The standard InChI is InChI=1S/C12H12F3NO5/c1-6(2)21-10-8(16(18)19)4-7(5-9(10)20-3)11(17)12(13,14)15/h4-6H,1-3H3. The second-order valence-corrected chi connectivity index (χ2v) is 4.28. The van der Waals surface area contributed by atoms with Crippen molar-refractivity contribution in [1.29, 1.82) is 0 Å². The number of carbonyl (C=O) groups is 1. The number of nitro benzene ring substituents is 1. The number of methoxy groups -OCH3 is 1. The minimum absolute atomic E-state index is 0.314. The highest BCUT2D eigenvalue weighted by Gasteiger charge is 2.41. The molecule has 0 N–H and O–H groups in total. The van der Waals surface area contributed by atoms with Gasteiger partial charge < -0.3 is 9.47 Å². The predicted octanol–water partition coefficient (Wildman–Crippen LogP) is 3.14. The quantitative estimate of drug-likeness (QED) is 0.474. The van der Waals surface area contributed by atoms with Crippen molar-refractivity contribution in [2.45, 2.75) is 26.1 Å². The number of halogens is 3. The average molecular weight is 307 g/mol. The molecule has 0 aliphatic carbocycles. The van der Waals surface area contributed by atoms with Crippen molar-refractivity contribution in [3.63, 3.8) is 0 Å². The van der Waals surface area contributed by atoms with Crippen molar-refractivity contribution >= 4 is 11.5 Å². The Labute approximate surface area is 117 Å². The third-order valence-electron chi connectivity index (χ3n) is 2.33. The highest BCUT2D eigenvalue weighted by molar-refractivity contribution is 6.01. The van der Waals surface area contributed by atoms with E-state index in [2.05, 4.69) is 0 Å². The number of alkyl halides is 3. The fraction of sp³-hybridized carbons (Fsp3) is 0.417. The molecule has 0 fully saturated rings. The number of hydrogen-bond acceptors (Lipinski definition) is 5. The number of ketones is 1. The number of benzene rings is 1. The van der Waals surface area contributed by atoms with Crippen LogP contribution in [0, 0.1) is 10.1 Å². The summed E-state index contributed by atoms with van der Waals surface area (Å²) in [5.41, 5.74) is -1.65. The lowest BCUT2D eigenvalue weighted by Gasteiger charge is -2.15. The second kappa shape index (κ2) is 5.98. The van der Waals surface area contributed by atoms with Crippen molar-refractivity contribution in [2.24, 2.45) is 0 Å². The van der Waals surface area contributed by atoms with Crippen LogP contribution in [0.4, 0.5) is 18.9 Å². The van der Waals surface area contributed by atoms with Gasteiger partial charge >= 0.3 is 11.9 Å². The number of nitro groups is 1. The van der Waals surface area contributed by atoms with Crippen molar-refractivity contribution in [3.05, 3.63) is 27.8 Å². The highest BCUT2D eigenvalue weighted by Crippen LogP contribution is 2.40. The summed E-state index contributed by atoms with van der Waals surface area (Å²) >= 11 is 0. The molecule has 116 valence electrons. The van der Waals surface area contributed by atoms with Crippen LogP contribution in [0.25, 0.3) is 0 Å². The van der Waals surface area contributed by atoms with Crippen molar-refractivity contribution in [2.75, 3.05) is 7.11 Å². The van der Waals surface area contributed by atoms with Gasteiger partial charge in [0.15, 0.2) is 5.75 Å². The minimum Gasteiger partial charge on any atom is -0.493 e. The summed E-state index contributed by atoms with van der Waals surface area (Å²) in [5.74, 6) is -2.83. The van der Waals surface area contributed by atoms with Crippen molar-refractivity contribution in [1.82, 2.24) is 0 Å². The Balaban J connectivity index is 3.50. The molecule has 6 nitrogen and oxygen atoms in total. The number of carbonyl (C=O) groups excluding carboxylic acids is 1. The van der Waals surface area contributed by atoms with Gasteiger partial charge in [0.2, 0.25) is 5.75 Å². The minimum atomic E-state index is -5.14. The van der Waals surface area contributed by atoms with Gasteiger partial charge in [-0.3, -0.25) is 14.9 Å². The number of ether oxygens (including phenoxy) is 2. The number of Topliss-reactive ketones (excluding diaryl/α,β-unsaturated/α-hetero) is 1. The van der Waals surface area contributed by atoms with Crippen LogP contribution in [0.2, 0.25) is 0 Å². The molecular weight excluding hydrogens is 295 g/mol. The van der Waals surface area contributed by atoms with Crippen LogP contribution in [-0.2, 0) is 0 Å². The first-order valence-electron chi connectivity index (χ1n) is 5.72. The zero-order valence-electron chi connectivity index (χ0n) is 11.4. The molecule has 0 unspecified atom stereocenters. The maximum Gasteiger partial charge on any atom is 0.454 e. The molecule has 1 aromatic carbocycles. The van der Waals surface area contributed by atoms with Gasteiger partial charge in [-0.05, 0) is 19.9 Å². The van der Waals surface area contributed by atoms with Crippen LogP contribution in [-0.4, -0.2) is 30.1 Å². The van der Waals surface area contributed by atoms with E-state index in [-0.39, 0.29) is 11.5 Å². The molecule has 0 atom stereocenters. The van der Waals surface area contributed by atoms with Gasteiger partial charge in [0.25, 0.3) is 5.78 Å². The Kier molecular flexibility index (Phi) is 4.77. The number of nitrogens with zero attached hydrogens (tertiary/aromatic N) is 1. The molecule has 0 radical (unpaired) electrons. The lowest BCUT2D eigenvalue weighted by molar-refractivity contribution is -0.386. The van der Waals surface area contributed by atoms with E-state index in [0.29, 0.717) is 6.07 Å². The largest absolute Gasteiger partial charge is 0.493 e. The predicted molar refractivity (Wildman–Crippen MR) is 65.8 cm³/mol. The monoisotopic (exact) mass is 307 g/mol. The third kappa shape index (κ3) is 3.83. The summed E-state index contributed by atoms with van der Waals surface area (Å²) in [7, 11) is 1.11. The molecule has 0 bridgehead atoms. The molecule has 0 aliphatic heterocycles. The molecule has 0 spiro atoms. The lowest BCUT2D eigenvalue weighted by atomic mass is 10.1. The van der Waals surface area contributed by atoms with Crippen molar-refractivity contribution < 1.29 is 32.4 Å². The summed E-state index contributed by atoms with van der Waals surface area (Å²) < 4.78 is 47.2. The van der Waals surface area contributed by atoms with Crippen LogP contribution < -0.4 is 9.47 Å². The van der Waals surface area contributed by atoms with Gasteiger partial charge in [-0.1, -0.05) is 0 Å². The molecule has 21 heavy (non-hydrogen) atoms. The fourth-order valence-electron chi connectivity index (χ4n) is 1.52. The Hall–Kier alpha value is -2.32. The fourth-order valence-corrected chi connectivity index (χ4v) is 1.52. The summed E-state index contributed by atoms with van der Waals surface area (Å²) in [6.07, 6.45) is -5.61. The van der Waals surface area contributed by atoms with E-state index in [0.717, 1.165) is 13.2 Å². The van der Waals surface area contributed by atoms with Gasteiger partial charge in [0.1, 0.15) is 0 Å². The van der Waals surface area contributed by atoms with Gasteiger partial charge in [0, 0.05) is 11.6 Å². The Morgan fingerprint density at radius 1 is 1.33 bits per heavy atom. The second-order valence-electron chi connectivity index (χ2n) is 4.28. The molecule has 0 amide bonds. The lowest BCUT2D eigenvalue weighted by Crippen LogP contribution is -2.23. The molecule has 1 aromatic rings. The Morgan fingerprint density at radius 2 is 1.90 bits per heavy atom. The van der Waals surface area contributed by atoms with Gasteiger partial charge in [-0.25, -0.2) is 0 Å². The number of hydrogen-bond donors (Lipinski definition) is 0. The first-order chi connectivity index (χ1) is 9.57. The van der Waals surface area contributed by atoms with Crippen LogP contribution in [0.3, 0.4) is 0 Å². The van der Waals surface area contributed by atoms with E-state index in [1.54, 1.807) is 13.8 Å². The van der Waals surface area contributed by atoms with Gasteiger partial charge in [0.05, 0.1) is 18.1 Å². The maximum atomic E-state index is 12.4. The summed E-state index contributed by atoms with van der Waals surface area (Å²) in [6, 6.07) is 1.29. The van der Waals surface area contributed by atoms with E-state index < -0.39 is 34.2 Å². The first kappa shape index (κ1) is 16.7. The van der Waals surface area contributed by atoms with Crippen molar-refractivity contribution in [3.8, 4) is 11.5 Å². The molecule has 9 heteroatoms. The summed E-state index contributed by atoms with van der Waals surface area (Å²) in [6.45, 7) is 3.16. The zero-order valence-corrected chi connectivity index (χ0v) is 11.4. The SMILES string of the molecule is COc1cc(C(=O)C(F)(F)F)cc([N+](=O)[O-])c1OC(C)C. The number of rotatable bonds is 5. The van der Waals surface area contributed by atoms with E-state index in [4.69, 9.17) is 9.47 Å². The normalized spacial score (nSPS) is 11.4. The van der Waals surface area contributed by atoms with Crippen LogP contribution in [0.5, 0.6) is 11.5 Å². The highest BCUT2D eigenvalue weighted by atomic mass is 19.4. The van der Waals surface area contributed by atoms with E-state index in [1.165, 1.54) is 0 Å². The Bertz CT molecular complexity index is 569. The van der Waals surface area contributed by atoms with Crippen LogP contribution in [0.1, 0.15) is 24.2 Å². The molecule has 0 heterocycles. The molecular formula is C12H12F3NO5. The molecule has 1 rings (SSSR count). The first-order valence-corrected chi connectivity index (χ1v) is 5.72. The molecule has 0 saturated carbocycles. The average Bonchev–Trinajstić information content (AvgIpc) is 2.35. The van der Waals surface area contributed by atoms with Gasteiger partial charge in [-0.15, -0.1) is 0 Å². The molecule has 0 saturated heterocycles. The maximum absolute atomic E-state index is 12.4. The van der Waals surface area contributed by atoms with Crippen LogP contribution in [0.15, 0.2) is 12.1 Å². The van der Waals surface area contributed by atoms with E-state index in [9.17, 15) is 28.1 Å². The summed E-state index contributed by atoms with van der Waals surface area (Å²) in [5, 5.41) is 11.0. The summed E-state index contributed by atoms with van der Waals surface area (Å²) in [4.78, 5) is 21.2. The topological polar surface area (TPSA) is 78.7 Å². The zero-order chi connectivity index (χ0) is 16.4. The smallest absolute Gasteiger partial charge is 0.454 e. The van der Waals surface area contributed by atoms with E-state index in [1.807, 2.05) is 0 Å². The van der Waals surface area contributed by atoms with Crippen LogP contribution >= 0.6 is 0 Å².